The van der Waals surface area contributed by atoms with Gasteiger partial charge in [0, 0.05) is 11.5 Å². The summed E-state index contributed by atoms with van der Waals surface area (Å²) in [5.41, 5.74) is 0.480. The third-order valence-corrected chi connectivity index (χ3v) is 15.1. The molecule has 38 heavy (non-hydrogen) atoms. The molecule has 4 aliphatic carbocycles. The maximum Gasteiger partial charge on any atom is 0.232 e. The van der Waals surface area contributed by atoms with Crippen LogP contribution in [0.1, 0.15) is 92.4 Å². The van der Waals surface area contributed by atoms with Gasteiger partial charge in [-0.2, -0.15) is 0 Å². The summed E-state index contributed by atoms with van der Waals surface area (Å²) >= 11 is 0. The molecular weight excluding hydrogens is 491 g/mol. The summed E-state index contributed by atoms with van der Waals surface area (Å²) in [6.07, 6.45) is 9.88. The molecule has 0 saturated heterocycles. The average molecular weight is 545 g/mol. The van der Waals surface area contributed by atoms with Crippen LogP contribution in [-0.2, 0) is 9.09 Å². The first-order valence-electron chi connectivity index (χ1n) is 15.7. The Morgan fingerprint density at radius 3 is 2.34 bits per heavy atom. The number of aliphatic hydroxyl groups is 2. The Kier molecular flexibility index (Phi) is 8.32. The van der Waals surface area contributed by atoms with Crippen molar-refractivity contribution in [1.29, 1.82) is 0 Å². The van der Waals surface area contributed by atoms with Gasteiger partial charge in [-0.05, 0) is 123 Å². The molecule has 4 nitrogen and oxygen atoms in total. The summed E-state index contributed by atoms with van der Waals surface area (Å²) in [7, 11) is -2.86. The lowest BCUT2D eigenvalue weighted by molar-refractivity contribution is -0.203. The van der Waals surface area contributed by atoms with Crippen LogP contribution in [0, 0.1) is 52.3 Å². The van der Waals surface area contributed by atoms with Gasteiger partial charge in [0.25, 0.3) is 0 Å². The van der Waals surface area contributed by atoms with Gasteiger partial charge >= 0.3 is 0 Å². The molecule has 0 spiro atoms. The van der Waals surface area contributed by atoms with Crippen molar-refractivity contribution in [2.45, 2.75) is 105 Å². The Hall–Kier alpha value is -0.670. The van der Waals surface area contributed by atoms with Crippen LogP contribution in [0.2, 0.25) is 0 Å². The van der Waals surface area contributed by atoms with Gasteiger partial charge in [-0.25, -0.2) is 0 Å². The van der Waals surface area contributed by atoms with Crippen LogP contribution >= 0.6 is 7.37 Å². The van der Waals surface area contributed by atoms with E-state index >= 15 is 0 Å². The first kappa shape index (κ1) is 28.8. The van der Waals surface area contributed by atoms with Gasteiger partial charge in [0.15, 0.2) is 0 Å². The number of hydrogen-bond donors (Lipinski definition) is 2. The van der Waals surface area contributed by atoms with Gasteiger partial charge in [0.1, 0.15) is 0 Å². The van der Waals surface area contributed by atoms with Crippen molar-refractivity contribution in [2.75, 3.05) is 12.8 Å². The zero-order chi connectivity index (χ0) is 27.3. The largest absolute Gasteiger partial charge is 0.393 e. The maximum absolute atomic E-state index is 13.9. The third kappa shape index (κ3) is 4.68. The van der Waals surface area contributed by atoms with Crippen molar-refractivity contribution in [3.05, 3.63) is 30.3 Å². The highest BCUT2D eigenvalue weighted by atomic mass is 31.2. The van der Waals surface area contributed by atoms with Crippen molar-refractivity contribution < 1.29 is 19.3 Å². The van der Waals surface area contributed by atoms with Crippen LogP contribution in [0.3, 0.4) is 0 Å². The fraction of sp³-hybridized carbons (Fsp3) is 0.818. The SMILES string of the molecule is CCOP(=O)(CC[C@@H](C)[C@H]1CC[C@H]2[C@@H]3[C@H](O)[C@H](CC)[C@@H]4C[C@H](O)CC[C@]4(C)[C@H]3CC[C@]12C)c1ccccc1. The third-order valence-electron chi connectivity index (χ3n) is 12.5. The second-order valence-corrected chi connectivity index (χ2v) is 16.6. The molecule has 1 aromatic rings. The molecule has 4 saturated carbocycles. The highest BCUT2D eigenvalue weighted by molar-refractivity contribution is 7.67. The van der Waals surface area contributed by atoms with Gasteiger partial charge < -0.3 is 14.7 Å². The normalized spacial score (nSPS) is 44.9. The summed E-state index contributed by atoms with van der Waals surface area (Å²) in [6.45, 7) is 12.1. The summed E-state index contributed by atoms with van der Waals surface area (Å²) in [4.78, 5) is 0. The topological polar surface area (TPSA) is 66.8 Å². The second-order valence-electron chi connectivity index (χ2n) is 14.0. The number of hydrogen-bond acceptors (Lipinski definition) is 4. The lowest BCUT2D eigenvalue weighted by Crippen LogP contribution is -2.62. The van der Waals surface area contributed by atoms with Crippen molar-refractivity contribution in [1.82, 2.24) is 0 Å². The number of fused-ring (bicyclic) bond motifs is 5. The van der Waals surface area contributed by atoms with Crippen molar-refractivity contribution in [3.63, 3.8) is 0 Å². The van der Waals surface area contributed by atoms with Crippen LogP contribution in [-0.4, -0.2) is 35.2 Å². The molecule has 0 aliphatic heterocycles. The standard InChI is InChI=1S/C33H53O4P/c1-6-25-29-21-23(34)15-18-33(29,5)28-16-19-32(4)26(13-14-27(32)30(28)31(25)35)22(3)17-20-38(36,37-7-2)24-11-9-8-10-12-24/h8-12,22-23,25-31,34-35H,6-7,13-21H2,1-5H3/t22-,23-,25-,26-,27+,28+,29+,30+,31-,32-,33-,38?/m1/s1. The Morgan fingerprint density at radius 1 is 0.974 bits per heavy atom. The Morgan fingerprint density at radius 2 is 1.66 bits per heavy atom. The summed E-state index contributed by atoms with van der Waals surface area (Å²) in [6, 6.07) is 9.81. The van der Waals surface area contributed by atoms with Gasteiger partial charge in [0.2, 0.25) is 7.37 Å². The minimum absolute atomic E-state index is 0.194. The van der Waals surface area contributed by atoms with Crippen molar-refractivity contribution >= 4 is 12.7 Å². The predicted molar refractivity (Wildman–Crippen MR) is 156 cm³/mol. The minimum atomic E-state index is -2.86. The zero-order valence-electron chi connectivity index (χ0n) is 24.5. The Bertz CT molecular complexity index is 998. The summed E-state index contributed by atoms with van der Waals surface area (Å²) < 4.78 is 19.9. The van der Waals surface area contributed by atoms with E-state index in [1.807, 2.05) is 37.3 Å². The molecule has 0 radical (unpaired) electrons. The van der Waals surface area contributed by atoms with Crippen LogP contribution in [0.25, 0.3) is 0 Å². The first-order chi connectivity index (χ1) is 18.1. The van der Waals surface area contributed by atoms with E-state index in [-0.39, 0.29) is 23.0 Å². The smallest absolute Gasteiger partial charge is 0.232 e. The predicted octanol–water partition coefficient (Wildman–Crippen LogP) is 7.28. The van der Waals surface area contributed by atoms with Gasteiger partial charge in [-0.3, -0.25) is 4.57 Å². The lowest BCUT2D eigenvalue weighted by atomic mass is 9.41. The molecular formula is C33H53O4P. The van der Waals surface area contributed by atoms with Crippen LogP contribution < -0.4 is 5.30 Å². The first-order valence-corrected chi connectivity index (χ1v) is 17.6. The molecule has 12 atom stereocenters. The van der Waals surface area contributed by atoms with E-state index in [2.05, 4.69) is 27.7 Å². The highest BCUT2D eigenvalue weighted by Crippen LogP contribution is 2.69. The van der Waals surface area contributed by atoms with Crippen molar-refractivity contribution in [3.8, 4) is 0 Å². The fourth-order valence-corrected chi connectivity index (χ4v) is 13.0. The molecule has 214 valence electrons. The van der Waals surface area contributed by atoms with E-state index < -0.39 is 7.37 Å². The molecule has 4 fully saturated rings. The van der Waals surface area contributed by atoms with E-state index in [9.17, 15) is 14.8 Å². The minimum Gasteiger partial charge on any atom is -0.393 e. The lowest BCUT2D eigenvalue weighted by Gasteiger charge is -2.64. The van der Waals surface area contributed by atoms with Gasteiger partial charge in [0.05, 0.1) is 18.8 Å². The van der Waals surface area contributed by atoms with Crippen molar-refractivity contribution in [2.24, 2.45) is 52.3 Å². The average Bonchev–Trinajstić information content (AvgIpc) is 3.26. The molecule has 0 heterocycles. The molecule has 0 aromatic heterocycles. The molecule has 4 aliphatic rings. The Labute approximate surface area is 231 Å². The Balaban J connectivity index is 1.35. The van der Waals surface area contributed by atoms with Crippen LogP contribution in [0.5, 0.6) is 0 Å². The molecule has 5 rings (SSSR count). The number of aliphatic hydroxyl groups excluding tert-OH is 2. The molecule has 1 aromatic carbocycles. The monoisotopic (exact) mass is 544 g/mol. The van der Waals surface area contributed by atoms with Gasteiger partial charge in [-0.15, -0.1) is 0 Å². The van der Waals surface area contributed by atoms with E-state index in [0.717, 1.165) is 37.4 Å². The molecule has 1 unspecified atom stereocenters. The van der Waals surface area contributed by atoms with E-state index in [1.165, 1.54) is 25.7 Å². The van der Waals surface area contributed by atoms with Gasteiger partial charge in [-0.1, -0.05) is 52.3 Å². The fourth-order valence-electron chi connectivity index (χ4n) is 10.6. The number of benzene rings is 1. The van der Waals surface area contributed by atoms with Crippen LogP contribution in [0.4, 0.5) is 0 Å². The molecule has 2 N–H and O–H groups in total. The molecule has 0 bridgehead atoms. The highest BCUT2D eigenvalue weighted by Gasteiger charge is 2.64. The maximum atomic E-state index is 13.9. The number of rotatable bonds is 8. The zero-order valence-corrected chi connectivity index (χ0v) is 25.4. The molecule has 5 heteroatoms. The quantitative estimate of drug-likeness (QED) is 0.338. The van der Waals surface area contributed by atoms with Crippen LogP contribution in [0.15, 0.2) is 30.3 Å². The van der Waals surface area contributed by atoms with E-state index in [1.54, 1.807) is 0 Å². The summed E-state index contributed by atoms with van der Waals surface area (Å²) in [5, 5.41) is 23.3. The van der Waals surface area contributed by atoms with E-state index in [4.69, 9.17) is 4.52 Å². The molecule has 0 amide bonds. The summed E-state index contributed by atoms with van der Waals surface area (Å²) in [5.74, 6) is 3.35. The van der Waals surface area contributed by atoms with E-state index in [0.29, 0.717) is 54.2 Å². The second kappa shape index (κ2) is 11.0.